The number of rotatable bonds is 3. The Morgan fingerprint density at radius 3 is 2.62 bits per heavy atom. The number of likely N-dealkylation sites (tertiary alicyclic amines) is 1. The quantitative estimate of drug-likeness (QED) is 0.787. The van der Waals surface area contributed by atoms with Crippen molar-refractivity contribution in [1.82, 2.24) is 9.88 Å². The van der Waals surface area contributed by atoms with Gasteiger partial charge in [-0.15, -0.1) is 0 Å². The zero-order chi connectivity index (χ0) is 11.5. The number of aromatic nitrogens is 1. The molecule has 4 nitrogen and oxygen atoms in total. The molecule has 0 bridgehead atoms. The van der Waals surface area contributed by atoms with Crippen molar-refractivity contribution in [1.29, 1.82) is 0 Å². The Bertz CT molecular complexity index is 377. The summed E-state index contributed by atoms with van der Waals surface area (Å²) in [5.74, 6) is -0.218. The van der Waals surface area contributed by atoms with E-state index in [0.29, 0.717) is 0 Å². The number of hydrogen-bond acceptors (Lipinski definition) is 3. The molecule has 0 atom stereocenters. The van der Waals surface area contributed by atoms with Gasteiger partial charge < -0.3 is 9.64 Å². The smallest absolute Gasteiger partial charge is 0.387 e. The van der Waals surface area contributed by atoms with Crippen molar-refractivity contribution in [3.63, 3.8) is 0 Å². The summed E-state index contributed by atoms with van der Waals surface area (Å²) in [4.78, 5) is 17.1. The van der Waals surface area contributed by atoms with E-state index in [2.05, 4.69) is 9.72 Å². The van der Waals surface area contributed by atoms with Crippen LogP contribution in [0.25, 0.3) is 0 Å². The van der Waals surface area contributed by atoms with Gasteiger partial charge in [0.1, 0.15) is 11.4 Å². The van der Waals surface area contributed by atoms with E-state index >= 15 is 0 Å². The molecule has 2 heterocycles. The van der Waals surface area contributed by atoms with Crippen LogP contribution in [0.4, 0.5) is 8.78 Å². The van der Waals surface area contributed by atoms with Gasteiger partial charge in [0.25, 0.3) is 5.91 Å². The second-order valence-electron chi connectivity index (χ2n) is 3.40. The second kappa shape index (κ2) is 4.42. The summed E-state index contributed by atoms with van der Waals surface area (Å²) in [6.45, 7) is -1.41. The Morgan fingerprint density at radius 1 is 1.44 bits per heavy atom. The fourth-order valence-electron chi connectivity index (χ4n) is 1.36. The van der Waals surface area contributed by atoms with Crippen LogP contribution in [0.15, 0.2) is 18.3 Å². The number of ether oxygens (including phenoxy) is 1. The van der Waals surface area contributed by atoms with Crippen LogP contribution in [0.2, 0.25) is 0 Å². The number of hydrogen-bond donors (Lipinski definition) is 0. The predicted molar refractivity (Wildman–Crippen MR) is 51.4 cm³/mol. The number of alkyl halides is 2. The largest absolute Gasteiger partial charge is 0.433 e. The van der Waals surface area contributed by atoms with Crippen LogP contribution >= 0.6 is 0 Å². The molecule has 1 aliphatic rings. The third kappa shape index (κ3) is 2.26. The molecule has 1 fully saturated rings. The molecule has 1 amide bonds. The molecule has 0 aliphatic carbocycles. The van der Waals surface area contributed by atoms with Gasteiger partial charge in [0.2, 0.25) is 0 Å². The first kappa shape index (κ1) is 10.8. The zero-order valence-electron chi connectivity index (χ0n) is 8.40. The molecule has 0 spiro atoms. The lowest BCUT2D eigenvalue weighted by atomic mass is 10.2. The summed E-state index contributed by atoms with van der Waals surface area (Å²) in [6, 6.07) is 2.70. The van der Waals surface area contributed by atoms with Crippen LogP contribution in [0, 0.1) is 0 Å². The Balaban J connectivity index is 2.03. The Kier molecular flexibility index (Phi) is 2.98. The minimum atomic E-state index is -2.88. The van der Waals surface area contributed by atoms with Crippen LogP contribution in [0.5, 0.6) is 5.75 Å². The second-order valence-corrected chi connectivity index (χ2v) is 3.40. The van der Waals surface area contributed by atoms with Gasteiger partial charge in [-0.3, -0.25) is 4.79 Å². The van der Waals surface area contributed by atoms with E-state index in [1.54, 1.807) is 4.90 Å². The van der Waals surface area contributed by atoms with Gasteiger partial charge in [0.15, 0.2) is 0 Å². The third-order valence-corrected chi connectivity index (χ3v) is 2.32. The number of nitrogens with zero attached hydrogens (tertiary/aromatic N) is 2. The lowest BCUT2D eigenvalue weighted by Crippen LogP contribution is -2.42. The standard InChI is InChI=1S/C10H10F2N2O2/c11-10(12)16-7-2-3-8(13-6-7)9(15)14-4-1-5-14/h2-3,6,10H,1,4-5H2. The first-order valence-electron chi connectivity index (χ1n) is 4.87. The van der Waals surface area contributed by atoms with E-state index in [-0.39, 0.29) is 17.4 Å². The molecule has 2 rings (SSSR count). The zero-order valence-corrected chi connectivity index (χ0v) is 8.40. The Morgan fingerprint density at radius 2 is 2.19 bits per heavy atom. The molecule has 0 unspecified atom stereocenters. The highest BCUT2D eigenvalue weighted by Crippen LogP contribution is 2.15. The van der Waals surface area contributed by atoms with Crippen LogP contribution in [-0.4, -0.2) is 35.5 Å². The van der Waals surface area contributed by atoms with Crippen molar-refractivity contribution in [2.45, 2.75) is 13.0 Å². The highest BCUT2D eigenvalue weighted by Gasteiger charge is 2.22. The fraction of sp³-hybridized carbons (Fsp3) is 0.400. The number of halogens is 2. The topological polar surface area (TPSA) is 42.4 Å². The van der Waals surface area contributed by atoms with Gasteiger partial charge in [-0.25, -0.2) is 4.98 Å². The first-order chi connectivity index (χ1) is 7.66. The summed E-state index contributed by atoms with van der Waals surface area (Å²) in [7, 11) is 0. The lowest BCUT2D eigenvalue weighted by molar-refractivity contribution is -0.0500. The third-order valence-electron chi connectivity index (χ3n) is 2.32. The maximum absolute atomic E-state index is 11.8. The van der Waals surface area contributed by atoms with E-state index in [4.69, 9.17) is 0 Å². The summed E-state index contributed by atoms with van der Waals surface area (Å²) >= 11 is 0. The van der Waals surface area contributed by atoms with Gasteiger partial charge in [0, 0.05) is 13.1 Å². The molecule has 0 saturated carbocycles. The predicted octanol–water partition coefficient (Wildman–Crippen LogP) is 1.53. The molecule has 1 aromatic heterocycles. The molecule has 0 aromatic carbocycles. The number of amides is 1. The fourth-order valence-corrected chi connectivity index (χ4v) is 1.36. The summed E-state index contributed by atoms with van der Waals surface area (Å²) in [6.07, 6.45) is 2.12. The summed E-state index contributed by atoms with van der Waals surface area (Å²) in [5.41, 5.74) is 0.251. The average molecular weight is 228 g/mol. The molecular weight excluding hydrogens is 218 g/mol. The maximum Gasteiger partial charge on any atom is 0.387 e. The normalized spacial score (nSPS) is 14.8. The van der Waals surface area contributed by atoms with Gasteiger partial charge in [0.05, 0.1) is 6.20 Å². The minimum absolute atomic E-state index is 0.0461. The first-order valence-corrected chi connectivity index (χ1v) is 4.87. The van der Waals surface area contributed by atoms with Crippen molar-refractivity contribution in [3.8, 4) is 5.75 Å². The highest BCUT2D eigenvalue weighted by molar-refractivity contribution is 5.92. The van der Waals surface area contributed by atoms with Crippen molar-refractivity contribution >= 4 is 5.91 Å². The average Bonchev–Trinajstić information content (AvgIpc) is 2.15. The van der Waals surface area contributed by atoms with Crippen molar-refractivity contribution in [2.75, 3.05) is 13.1 Å². The van der Waals surface area contributed by atoms with Crippen LogP contribution < -0.4 is 4.74 Å². The van der Waals surface area contributed by atoms with E-state index in [1.165, 1.54) is 12.1 Å². The minimum Gasteiger partial charge on any atom is -0.433 e. The Labute approximate surface area is 90.8 Å². The van der Waals surface area contributed by atoms with E-state index < -0.39 is 6.61 Å². The van der Waals surface area contributed by atoms with Crippen molar-refractivity contribution < 1.29 is 18.3 Å². The number of carbonyl (C=O) groups excluding carboxylic acids is 1. The maximum atomic E-state index is 11.8. The number of carbonyl (C=O) groups is 1. The van der Waals surface area contributed by atoms with Gasteiger partial charge in [-0.2, -0.15) is 8.78 Å². The number of pyridine rings is 1. The molecule has 1 aromatic rings. The molecule has 0 N–H and O–H groups in total. The van der Waals surface area contributed by atoms with Crippen LogP contribution in [0.3, 0.4) is 0 Å². The Hall–Kier alpha value is -1.72. The van der Waals surface area contributed by atoms with E-state index in [0.717, 1.165) is 25.7 Å². The molecule has 1 aliphatic heterocycles. The van der Waals surface area contributed by atoms with Crippen LogP contribution in [-0.2, 0) is 0 Å². The molecule has 1 saturated heterocycles. The van der Waals surface area contributed by atoms with Gasteiger partial charge >= 0.3 is 6.61 Å². The summed E-state index contributed by atoms with van der Waals surface area (Å²) in [5, 5.41) is 0. The molecular formula is C10H10F2N2O2. The molecule has 16 heavy (non-hydrogen) atoms. The SMILES string of the molecule is O=C(c1ccc(OC(F)F)cn1)N1CCC1. The van der Waals surface area contributed by atoms with Crippen LogP contribution in [0.1, 0.15) is 16.9 Å². The van der Waals surface area contributed by atoms with E-state index in [1.807, 2.05) is 0 Å². The monoisotopic (exact) mass is 228 g/mol. The van der Waals surface area contributed by atoms with E-state index in [9.17, 15) is 13.6 Å². The van der Waals surface area contributed by atoms with Crippen molar-refractivity contribution in [2.24, 2.45) is 0 Å². The van der Waals surface area contributed by atoms with Gasteiger partial charge in [-0.1, -0.05) is 0 Å². The summed E-state index contributed by atoms with van der Waals surface area (Å²) < 4.78 is 27.8. The molecule has 0 radical (unpaired) electrons. The lowest BCUT2D eigenvalue weighted by Gasteiger charge is -2.30. The molecule has 6 heteroatoms. The highest BCUT2D eigenvalue weighted by atomic mass is 19.3. The molecule has 86 valence electrons. The van der Waals surface area contributed by atoms with Gasteiger partial charge in [-0.05, 0) is 18.6 Å². The van der Waals surface area contributed by atoms with Crippen molar-refractivity contribution in [3.05, 3.63) is 24.0 Å².